The minimum atomic E-state index is -4.45. The van der Waals surface area contributed by atoms with E-state index in [1.165, 1.54) is 24.1 Å². The van der Waals surface area contributed by atoms with Crippen molar-refractivity contribution in [1.29, 1.82) is 0 Å². The molecule has 0 N–H and O–H groups in total. The van der Waals surface area contributed by atoms with Gasteiger partial charge in [0, 0.05) is 4.90 Å². The van der Waals surface area contributed by atoms with Crippen LogP contribution >= 0.6 is 11.8 Å². The number of alkyl halides is 3. The van der Waals surface area contributed by atoms with Crippen molar-refractivity contribution in [3.8, 4) is 5.75 Å². The first kappa shape index (κ1) is 20.1. The Morgan fingerprint density at radius 2 is 1.96 bits per heavy atom. The minimum Gasteiger partial charge on any atom is -0.475 e. The number of amides is 1. The zero-order chi connectivity index (χ0) is 20.3. The van der Waals surface area contributed by atoms with Crippen molar-refractivity contribution in [2.45, 2.75) is 17.2 Å². The number of hydrogen-bond acceptors (Lipinski definition) is 5. The van der Waals surface area contributed by atoms with Crippen molar-refractivity contribution >= 4 is 29.3 Å². The van der Waals surface area contributed by atoms with Gasteiger partial charge in [-0.15, -0.1) is 11.8 Å². The highest BCUT2D eigenvalue weighted by Gasteiger charge is 2.34. The van der Waals surface area contributed by atoms with Gasteiger partial charge in [-0.3, -0.25) is 4.79 Å². The average Bonchev–Trinajstić information content (AvgIpc) is 2.70. The third-order valence-corrected chi connectivity index (χ3v) is 5.04. The lowest BCUT2D eigenvalue weighted by Gasteiger charge is -2.33. The van der Waals surface area contributed by atoms with E-state index in [4.69, 9.17) is 9.47 Å². The number of esters is 1. The minimum absolute atomic E-state index is 0.0360. The fourth-order valence-corrected chi connectivity index (χ4v) is 3.54. The molecule has 9 heteroatoms. The lowest BCUT2D eigenvalue weighted by molar-refractivity contribution is -0.148. The van der Waals surface area contributed by atoms with Crippen LogP contribution in [0.5, 0.6) is 5.75 Å². The van der Waals surface area contributed by atoms with Crippen molar-refractivity contribution in [3.05, 3.63) is 54.1 Å². The molecule has 3 rings (SSSR count). The fraction of sp³-hybridized carbons (Fsp3) is 0.263. The molecule has 1 aliphatic heterocycles. The Morgan fingerprint density at radius 1 is 1.21 bits per heavy atom. The molecule has 1 amide bonds. The molecule has 0 unspecified atom stereocenters. The standard InChI is InChI=1S/C19H16F3NO4S/c1-26-18(25)16-10-23(14-7-2-3-8-15(14)27-16)17(24)11-28-13-6-4-5-12(9-13)19(20,21)22/h2-9,16H,10-11H2,1H3/t16-/m1/s1. The number of anilines is 1. The molecule has 0 saturated heterocycles. The van der Waals surface area contributed by atoms with Gasteiger partial charge < -0.3 is 14.4 Å². The molecule has 1 aliphatic rings. The van der Waals surface area contributed by atoms with Crippen LogP contribution in [-0.4, -0.2) is 37.4 Å². The molecule has 2 aromatic rings. The van der Waals surface area contributed by atoms with Gasteiger partial charge in [-0.2, -0.15) is 13.2 Å². The van der Waals surface area contributed by atoms with E-state index in [1.807, 2.05) is 0 Å². The number of ether oxygens (including phenoxy) is 2. The van der Waals surface area contributed by atoms with Gasteiger partial charge in [0.15, 0.2) is 0 Å². The molecule has 2 aromatic carbocycles. The number of carbonyl (C=O) groups is 2. The van der Waals surface area contributed by atoms with E-state index in [1.54, 1.807) is 24.3 Å². The summed E-state index contributed by atoms with van der Waals surface area (Å²) in [5.41, 5.74) is -0.273. The number of methoxy groups -OCH3 is 1. The van der Waals surface area contributed by atoms with Gasteiger partial charge in [0.25, 0.3) is 0 Å². The van der Waals surface area contributed by atoms with E-state index in [2.05, 4.69) is 0 Å². The number of thioether (sulfide) groups is 1. The molecule has 0 fully saturated rings. The van der Waals surface area contributed by atoms with E-state index in [0.717, 1.165) is 23.9 Å². The molecule has 148 valence electrons. The first-order valence-corrected chi connectivity index (χ1v) is 9.22. The second kappa shape index (κ2) is 8.14. The fourth-order valence-electron chi connectivity index (χ4n) is 2.71. The molecule has 0 saturated carbocycles. The largest absolute Gasteiger partial charge is 0.475 e. The Hall–Kier alpha value is -2.68. The SMILES string of the molecule is COC(=O)[C@H]1CN(C(=O)CSc2cccc(C(F)(F)F)c2)c2ccccc2O1. The second-order valence-electron chi connectivity index (χ2n) is 5.92. The normalized spacial score (nSPS) is 16.1. The van der Waals surface area contributed by atoms with Crippen LogP contribution in [0.3, 0.4) is 0 Å². The highest BCUT2D eigenvalue weighted by Crippen LogP contribution is 2.35. The maximum absolute atomic E-state index is 12.8. The number of nitrogens with zero attached hydrogens (tertiary/aromatic N) is 1. The van der Waals surface area contributed by atoms with Crippen LogP contribution in [0.2, 0.25) is 0 Å². The highest BCUT2D eigenvalue weighted by atomic mass is 32.2. The molecular weight excluding hydrogens is 395 g/mol. The molecule has 1 heterocycles. The summed E-state index contributed by atoms with van der Waals surface area (Å²) in [5, 5.41) is 0. The van der Waals surface area contributed by atoms with E-state index < -0.39 is 23.8 Å². The molecule has 0 aliphatic carbocycles. The van der Waals surface area contributed by atoms with E-state index >= 15 is 0 Å². The van der Waals surface area contributed by atoms with Crippen LogP contribution in [-0.2, 0) is 20.5 Å². The summed E-state index contributed by atoms with van der Waals surface area (Å²) >= 11 is 0.994. The van der Waals surface area contributed by atoms with Crippen LogP contribution < -0.4 is 9.64 Å². The van der Waals surface area contributed by atoms with Crippen molar-refractivity contribution in [2.75, 3.05) is 24.3 Å². The average molecular weight is 411 g/mol. The number of rotatable bonds is 4. The Bertz CT molecular complexity index is 887. The number of benzene rings is 2. The van der Waals surface area contributed by atoms with Gasteiger partial charge in [0.1, 0.15) is 5.75 Å². The van der Waals surface area contributed by atoms with Crippen LogP contribution in [0.4, 0.5) is 18.9 Å². The van der Waals surface area contributed by atoms with E-state index in [9.17, 15) is 22.8 Å². The predicted octanol–water partition coefficient (Wildman–Crippen LogP) is 3.76. The van der Waals surface area contributed by atoms with Crippen LogP contribution in [0, 0.1) is 0 Å². The number of halogens is 3. The third kappa shape index (κ3) is 4.41. The van der Waals surface area contributed by atoms with E-state index in [0.29, 0.717) is 16.3 Å². The number of fused-ring (bicyclic) bond motifs is 1. The summed E-state index contributed by atoms with van der Waals surface area (Å²) in [6.07, 6.45) is -5.42. The molecule has 0 aromatic heterocycles. The Labute approximate surface area is 163 Å². The first-order valence-electron chi connectivity index (χ1n) is 8.23. The lowest BCUT2D eigenvalue weighted by Crippen LogP contribution is -2.48. The summed E-state index contributed by atoms with van der Waals surface area (Å²) in [5.74, 6) is -0.699. The van der Waals surface area contributed by atoms with Crippen molar-refractivity contribution in [1.82, 2.24) is 0 Å². The van der Waals surface area contributed by atoms with Gasteiger partial charge in [0.05, 0.1) is 30.7 Å². The second-order valence-corrected chi connectivity index (χ2v) is 6.96. The molecular formula is C19H16F3NO4S. The third-order valence-electron chi connectivity index (χ3n) is 4.06. The van der Waals surface area contributed by atoms with Gasteiger partial charge in [-0.05, 0) is 30.3 Å². The molecule has 0 radical (unpaired) electrons. The molecule has 1 atom stereocenters. The van der Waals surface area contributed by atoms with Crippen LogP contribution in [0.15, 0.2) is 53.4 Å². The first-order chi connectivity index (χ1) is 13.3. The van der Waals surface area contributed by atoms with Gasteiger partial charge in [-0.1, -0.05) is 18.2 Å². The summed E-state index contributed by atoms with van der Waals surface area (Å²) in [6, 6.07) is 11.5. The number of para-hydroxylation sites is 2. The quantitative estimate of drug-likeness (QED) is 0.566. The van der Waals surface area contributed by atoms with Crippen molar-refractivity contribution in [3.63, 3.8) is 0 Å². The molecule has 0 spiro atoms. The molecule has 5 nitrogen and oxygen atoms in total. The number of hydrogen-bond donors (Lipinski definition) is 0. The zero-order valence-electron chi connectivity index (χ0n) is 14.7. The van der Waals surface area contributed by atoms with E-state index in [-0.39, 0.29) is 18.2 Å². The predicted molar refractivity (Wildman–Crippen MR) is 97.4 cm³/mol. The molecule has 0 bridgehead atoms. The summed E-state index contributed by atoms with van der Waals surface area (Å²) in [7, 11) is 1.22. The van der Waals surface area contributed by atoms with Crippen LogP contribution in [0.1, 0.15) is 5.56 Å². The lowest BCUT2D eigenvalue weighted by atomic mass is 10.2. The Kier molecular flexibility index (Phi) is 5.83. The Balaban J connectivity index is 1.75. The maximum atomic E-state index is 12.8. The van der Waals surface area contributed by atoms with Crippen LogP contribution in [0.25, 0.3) is 0 Å². The monoisotopic (exact) mass is 411 g/mol. The topological polar surface area (TPSA) is 55.8 Å². The van der Waals surface area contributed by atoms with Gasteiger partial charge in [-0.25, -0.2) is 4.79 Å². The van der Waals surface area contributed by atoms with Gasteiger partial charge in [0.2, 0.25) is 12.0 Å². The van der Waals surface area contributed by atoms with Crippen molar-refractivity contribution < 1.29 is 32.2 Å². The zero-order valence-corrected chi connectivity index (χ0v) is 15.5. The highest BCUT2D eigenvalue weighted by molar-refractivity contribution is 8.00. The van der Waals surface area contributed by atoms with Gasteiger partial charge >= 0.3 is 12.1 Å². The summed E-state index contributed by atoms with van der Waals surface area (Å²) < 4.78 is 48.8. The molecule has 28 heavy (non-hydrogen) atoms. The maximum Gasteiger partial charge on any atom is 0.416 e. The summed E-state index contributed by atoms with van der Waals surface area (Å²) in [6.45, 7) is -0.0360. The van der Waals surface area contributed by atoms with Crippen molar-refractivity contribution in [2.24, 2.45) is 0 Å². The Morgan fingerprint density at radius 3 is 2.68 bits per heavy atom. The number of carbonyl (C=O) groups excluding carboxylic acids is 2. The summed E-state index contributed by atoms with van der Waals surface area (Å²) in [4.78, 5) is 26.3. The smallest absolute Gasteiger partial charge is 0.416 e.